The molecule has 0 saturated heterocycles. The first-order chi connectivity index (χ1) is 9.35. The van der Waals surface area contributed by atoms with Crippen molar-refractivity contribution in [3.8, 4) is 0 Å². The van der Waals surface area contributed by atoms with Crippen molar-refractivity contribution in [2.75, 3.05) is 11.9 Å². The molecule has 0 aliphatic carbocycles. The van der Waals surface area contributed by atoms with Crippen molar-refractivity contribution in [2.24, 2.45) is 5.73 Å². The van der Waals surface area contributed by atoms with E-state index in [1.54, 1.807) is 12.5 Å². The summed E-state index contributed by atoms with van der Waals surface area (Å²) in [4.78, 5) is 15.8. The maximum atomic E-state index is 5.50. The van der Waals surface area contributed by atoms with Crippen LogP contribution in [0.2, 0.25) is 0 Å². The van der Waals surface area contributed by atoms with Crippen LogP contribution in [0.25, 0.3) is 11.0 Å². The summed E-state index contributed by atoms with van der Waals surface area (Å²) in [6, 6.07) is 7.74. The molecule has 19 heavy (non-hydrogen) atoms. The van der Waals surface area contributed by atoms with Crippen LogP contribution < -0.4 is 11.1 Å². The molecule has 3 aromatic rings. The molecule has 0 aliphatic rings. The van der Waals surface area contributed by atoms with Crippen LogP contribution >= 0.6 is 0 Å². The molecule has 0 unspecified atom stereocenters. The Balaban J connectivity index is 1.85. The fourth-order valence-corrected chi connectivity index (χ4v) is 1.88. The van der Waals surface area contributed by atoms with E-state index in [1.165, 1.54) is 0 Å². The molecule has 6 nitrogen and oxygen atoms in total. The van der Waals surface area contributed by atoms with Gasteiger partial charge in [0.25, 0.3) is 0 Å². The van der Waals surface area contributed by atoms with Gasteiger partial charge in [0.1, 0.15) is 11.6 Å². The van der Waals surface area contributed by atoms with E-state index in [-0.39, 0.29) is 0 Å². The highest BCUT2D eigenvalue weighted by atomic mass is 15.0. The van der Waals surface area contributed by atoms with E-state index in [2.05, 4.69) is 25.3 Å². The molecule has 2 aromatic heterocycles. The molecule has 2 heterocycles. The van der Waals surface area contributed by atoms with Crippen molar-refractivity contribution < 1.29 is 0 Å². The largest absolute Gasteiger partial charge is 0.345 e. The Morgan fingerprint density at radius 3 is 3.05 bits per heavy atom. The zero-order valence-electron chi connectivity index (χ0n) is 10.3. The average molecular weight is 254 g/mol. The Labute approximate surface area is 110 Å². The molecular formula is C13H14N6. The Hall–Kier alpha value is -2.47. The van der Waals surface area contributed by atoms with Gasteiger partial charge in [-0.2, -0.15) is 0 Å². The number of hydrogen-bond acceptors (Lipinski definition) is 5. The third-order valence-electron chi connectivity index (χ3n) is 2.77. The van der Waals surface area contributed by atoms with Gasteiger partial charge in [0.15, 0.2) is 0 Å². The van der Waals surface area contributed by atoms with E-state index in [1.807, 2.05) is 24.3 Å². The minimum Gasteiger partial charge on any atom is -0.345 e. The molecule has 0 fully saturated rings. The van der Waals surface area contributed by atoms with Crippen LogP contribution in [0.5, 0.6) is 0 Å². The van der Waals surface area contributed by atoms with Crippen LogP contribution in [0.4, 0.5) is 11.5 Å². The topological polar surface area (TPSA) is 92.5 Å². The number of fused-ring (bicyclic) bond motifs is 1. The molecule has 3 rings (SSSR count). The smallest absolute Gasteiger partial charge is 0.134 e. The van der Waals surface area contributed by atoms with Gasteiger partial charge in [-0.1, -0.05) is 0 Å². The first-order valence-electron chi connectivity index (χ1n) is 6.07. The van der Waals surface area contributed by atoms with Gasteiger partial charge in [0, 0.05) is 18.3 Å². The highest BCUT2D eigenvalue weighted by Crippen LogP contribution is 2.18. The van der Waals surface area contributed by atoms with Crippen molar-refractivity contribution >= 4 is 22.5 Å². The quantitative estimate of drug-likeness (QED) is 0.657. The second kappa shape index (κ2) is 5.03. The molecule has 6 heteroatoms. The van der Waals surface area contributed by atoms with Crippen molar-refractivity contribution in [1.82, 2.24) is 19.9 Å². The number of nitrogens with two attached hydrogens (primary N) is 1. The maximum absolute atomic E-state index is 5.50. The summed E-state index contributed by atoms with van der Waals surface area (Å²) in [7, 11) is 0. The van der Waals surface area contributed by atoms with Gasteiger partial charge in [-0.15, -0.1) is 0 Å². The monoisotopic (exact) mass is 254 g/mol. The van der Waals surface area contributed by atoms with E-state index in [9.17, 15) is 0 Å². The molecule has 4 N–H and O–H groups in total. The lowest BCUT2D eigenvalue weighted by atomic mass is 10.2. The summed E-state index contributed by atoms with van der Waals surface area (Å²) in [5.74, 6) is 1.51. The summed E-state index contributed by atoms with van der Waals surface area (Å²) >= 11 is 0. The van der Waals surface area contributed by atoms with Gasteiger partial charge in [-0.05, 0) is 30.8 Å². The first kappa shape index (κ1) is 11.6. The molecule has 1 aromatic carbocycles. The Morgan fingerprint density at radius 2 is 2.16 bits per heavy atom. The minimum absolute atomic E-state index is 0.545. The predicted octanol–water partition coefficient (Wildman–Crippen LogP) is 1.60. The van der Waals surface area contributed by atoms with Gasteiger partial charge in [0.05, 0.1) is 17.4 Å². The number of anilines is 2. The van der Waals surface area contributed by atoms with Crippen molar-refractivity contribution in [3.63, 3.8) is 0 Å². The summed E-state index contributed by atoms with van der Waals surface area (Å²) in [5, 5.41) is 3.24. The number of aromatic amines is 1. The van der Waals surface area contributed by atoms with Crippen LogP contribution in [-0.2, 0) is 6.42 Å². The van der Waals surface area contributed by atoms with Crippen molar-refractivity contribution in [1.29, 1.82) is 0 Å². The fourth-order valence-electron chi connectivity index (χ4n) is 1.88. The lowest BCUT2D eigenvalue weighted by Crippen LogP contribution is -2.07. The standard InChI is InChI=1S/C13H14N6/c14-5-3-12-15-6-4-13(19-12)18-9-1-2-10-11(7-9)17-8-16-10/h1-2,4,6-8H,3,5,14H2,(H,16,17)(H,15,18,19). The molecular weight excluding hydrogens is 240 g/mol. The third kappa shape index (κ3) is 2.53. The summed E-state index contributed by atoms with van der Waals surface area (Å²) in [6.45, 7) is 0.545. The Morgan fingerprint density at radius 1 is 1.21 bits per heavy atom. The number of hydrogen-bond donors (Lipinski definition) is 3. The highest BCUT2D eigenvalue weighted by Gasteiger charge is 2.01. The predicted molar refractivity (Wildman–Crippen MR) is 74.2 cm³/mol. The second-order valence-corrected chi connectivity index (χ2v) is 4.16. The van der Waals surface area contributed by atoms with Crippen LogP contribution in [-0.4, -0.2) is 26.5 Å². The SMILES string of the molecule is NCCc1nccc(Nc2ccc3nc[nH]c3c2)n1. The Kier molecular flexibility index (Phi) is 3.07. The lowest BCUT2D eigenvalue weighted by molar-refractivity contribution is 0.870. The van der Waals surface area contributed by atoms with Crippen LogP contribution in [0, 0.1) is 0 Å². The molecule has 0 aliphatic heterocycles. The number of rotatable bonds is 4. The molecule has 0 radical (unpaired) electrons. The highest BCUT2D eigenvalue weighted by molar-refractivity contribution is 5.79. The first-order valence-corrected chi connectivity index (χ1v) is 6.07. The molecule has 96 valence electrons. The van der Waals surface area contributed by atoms with Crippen LogP contribution in [0.1, 0.15) is 5.82 Å². The fraction of sp³-hybridized carbons (Fsp3) is 0.154. The van der Waals surface area contributed by atoms with E-state index >= 15 is 0 Å². The summed E-state index contributed by atoms with van der Waals surface area (Å²) in [6.07, 6.45) is 4.09. The van der Waals surface area contributed by atoms with Crippen molar-refractivity contribution in [3.05, 3.63) is 42.6 Å². The normalized spacial score (nSPS) is 10.8. The zero-order valence-corrected chi connectivity index (χ0v) is 10.3. The number of nitrogens with zero attached hydrogens (tertiary/aromatic N) is 3. The van der Waals surface area contributed by atoms with Gasteiger partial charge in [-0.3, -0.25) is 0 Å². The molecule has 0 amide bonds. The third-order valence-corrected chi connectivity index (χ3v) is 2.77. The van der Waals surface area contributed by atoms with E-state index in [0.29, 0.717) is 13.0 Å². The van der Waals surface area contributed by atoms with E-state index in [4.69, 9.17) is 5.73 Å². The summed E-state index contributed by atoms with van der Waals surface area (Å²) < 4.78 is 0. The lowest BCUT2D eigenvalue weighted by Gasteiger charge is -2.06. The number of imidazole rings is 1. The van der Waals surface area contributed by atoms with Gasteiger partial charge >= 0.3 is 0 Å². The van der Waals surface area contributed by atoms with Gasteiger partial charge < -0.3 is 16.0 Å². The number of benzene rings is 1. The number of aromatic nitrogens is 4. The van der Waals surface area contributed by atoms with Gasteiger partial charge in [0.2, 0.25) is 0 Å². The number of nitrogens with one attached hydrogen (secondary N) is 2. The van der Waals surface area contributed by atoms with E-state index in [0.717, 1.165) is 28.4 Å². The molecule has 0 spiro atoms. The zero-order chi connectivity index (χ0) is 13.1. The molecule has 0 saturated carbocycles. The average Bonchev–Trinajstić information content (AvgIpc) is 2.87. The van der Waals surface area contributed by atoms with Crippen molar-refractivity contribution in [2.45, 2.75) is 6.42 Å². The molecule has 0 atom stereocenters. The summed E-state index contributed by atoms with van der Waals surface area (Å²) in [5.41, 5.74) is 8.38. The second-order valence-electron chi connectivity index (χ2n) is 4.16. The maximum Gasteiger partial charge on any atom is 0.134 e. The minimum atomic E-state index is 0.545. The van der Waals surface area contributed by atoms with Gasteiger partial charge in [-0.25, -0.2) is 15.0 Å². The Bertz CT molecular complexity index is 690. The molecule has 0 bridgehead atoms. The van der Waals surface area contributed by atoms with Crippen LogP contribution in [0.15, 0.2) is 36.8 Å². The van der Waals surface area contributed by atoms with Crippen LogP contribution in [0.3, 0.4) is 0 Å². The van der Waals surface area contributed by atoms with E-state index < -0.39 is 0 Å². The number of H-pyrrole nitrogens is 1.